The lowest BCUT2D eigenvalue weighted by atomic mass is 9.50. The van der Waals surface area contributed by atoms with E-state index in [4.69, 9.17) is 4.74 Å². The smallest absolute Gasteiger partial charge is 0.303 e. The van der Waals surface area contributed by atoms with Crippen molar-refractivity contribution in [2.75, 3.05) is 6.61 Å². The maximum Gasteiger partial charge on any atom is 0.303 e. The van der Waals surface area contributed by atoms with Crippen molar-refractivity contribution in [1.82, 2.24) is 0 Å². The summed E-state index contributed by atoms with van der Waals surface area (Å²) >= 11 is 0. The highest BCUT2D eigenvalue weighted by Crippen LogP contribution is 2.68. The molecule has 2 saturated carbocycles. The van der Waals surface area contributed by atoms with Gasteiger partial charge in [-0.1, -0.05) is 32.4 Å². The number of aliphatic hydroxyl groups excluding tert-OH is 1. The fraction of sp³-hybridized carbons (Fsp3) is 0.708. The van der Waals surface area contributed by atoms with Gasteiger partial charge in [0.1, 0.15) is 12.8 Å². The van der Waals surface area contributed by atoms with Crippen molar-refractivity contribution in [3.05, 3.63) is 23.3 Å². The standard InChI is InChI=1S/C24H31FO5/c1-13-9-18-16-11-20(25)19-10-15(28)5-7-22(19,3)17(16)6-8-23(18,4)24(13,21(29)12-26)30-14(2)27/h6,10,13,16,18,20,26H,5,7-9,11-12H2,1-4H3/t13?,16?,18?,20-,22?,23?,24-/m0/s1. The highest BCUT2D eigenvalue weighted by molar-refractivity contribution is 5.93. The van der Waals surface area contributed by atoms with E-state index in [0.717, 1.165) is 0 Å². The molecule has 5 unspecified atom stereocenters. The van der Waals surface area contributed by atoms with Crippen LogP contribution >= 0.6 is 0 Å². The molecule has 0 amide bonds. The first-order valence-electron chi connectivity index (χ1n) is 10.9. The van der Waals surface area contributed by atoms with Gasteiger partial charge in [-0.2, -0.15) is 0 Å². The molecule has 0 aliphatic heterocycles. The minimum Gasteiger partial charge on any atom is -0.450 e. The molecule has 0 radical (unpaired) electrons. The number of esters is 1. The third kappa shape index (κ3) is 2.58. The molecule has 1 N–H and O–H groups in total. The summed E-state index contributed by atoms with van der Waals surface area (Å²) < 4.78 is 21.1. The number of alkyl halides is 1. The Balaban J connectivity index is 1.84. The quantitative estimate of drug-likeness (QED) is 0.561. The molecule has 30 heavy (non-hydrogen) atoms. The molecule has 0 bridgehead atoms. The maximum atomic E-state index is 15.4. The minimum absolute atomic E-state index is 0.0123. The number of allylic oxidation sites excluding steroid dienone is 4. The minimum atomic E-state index is -1.41. The van der Waals surface area contributed by atoms with Crippen LogP contribution in [0.2, 0.25) is 0 Å². The van der Waals surface area contributed by atoms with Gasteiger partial charge in [0.25, 0.3) is 0 Å². The zero-order chi connectivity index (χ0) is 22.1. The molecular weight excluding hydrogens is 387 g/mol. The average Bonchev–Trinajstić information content (AvgIpc) is 2.90. The molecule has 0 aromatic rings. The van der Waals surface area contributed by atoms with Crippen molar-refractivity contribution < 1.29 is 28.6 Å². The number of hydrogen-bond acceptors (Lipinski definition) is 5. The van der Waals surface area contributed by atoms with E-state index in [1.54, 1.807) is 0 Å². The van der Waals surface area contributed by atoms with Gasteiger partial charge in [-0.15, -0.1) is 0 Å². The van der Waals surface area contributed by atoms with Crippen LogP contribution in [0.5, 0.6) is 0 Å². The molecule has 2 fully saturated rings. The number of rotatable bonds is 3. The second kappa shape index (κ2) is 6.84. The summed E-state index contributed by atoms with van der Waals surface area (Å²) in [6, 6.07) is 0. The van der Waals surface area contributed by atoms with Crippen molar-refractivity contribution in [3.8, 4) is 0 Å². The van der Waals surface area contributed by atoms with Gasteiger partial charge in [-0.3, -0.25) is 14.4 Å². The van der Waals surface area contributed by atoms with Crippen molar-refractivity contribution in [2.45, 2.75) is 71.6 Å². The van der Waals surface area contributed by atoms with Crippen molar-refractivity contribution in [1.29, 1.82) is 0 Å². The molecule has 0 heterocycles. The molecule has 4 rings (SSSR count). The maximum absolute atomic E-state index is 15.4. The molecule has 0 saturated heterocycles. The van der Waals surface area contributed by atoms with Gasteiger partial charge in [0.05, 0.1) is 0 Å². The average molecular weight is 419 g/mol. The molecule has 7 atom stereocenters. The first kappa shape index (κ1) is 21.4. The van der Waals surface area contributed by atoms with E-state index in [9.17, 15) is 19.5 Å². The summed E-state index contributed by atoms with van der Waals surface area (Å²) in [6.07, 6.45) is 4.85. The second-order valence-electron chi connectivity index (χ2n) is 10.1. The zero-order valence-electron chi connectivity index (χ0n) is 18.2. The van der Waals surface area contributed by atoms with Gasteiger partial charge in [0.15, 0.2) is 11.4 Å². The van der Waals surface area contributed by atoms with E-state index in [0.29, 0.717) is 31.3 Å². The van der Waals surface area contributed by atoms with Crippen molar-refractivity contribution in [3.63, 3.8) is 0 Å². The number of Topliss-reactive ketones (excluding diaryl/α,β-unsaturated/α-hetero) is 1. The number of aliphatic hydroxyl groups is 1. The van der Waals surface area contributed by atoms with Crippen LogP contribution in [0, 0.1) is 28.6 Å². The number of carbonyl (C=O) groups is 3. The molecule has 4 aliphatic rings. The Bertz CT molecular complexity index is 875. The Morgan fingerprint density at radius 2 is 1.97 bits per heavy atom. The third-order valence-corrected chi connectivity index (χ3v) is 8.72. The fourth-order valence-corrected chi connectivity index (χ4v) is 7.40. The van der Waals surface area contributed by atoms with E-state index < -0.39 is 41.0 Å². The van der Waals surface area contributed by atoms with Gasteiger partial charge in [0, 0.05) is 30.1 Å². The van der Waals surface area contributed by atoms with Crippen LogP contribution in [-0.2, 0) is 19.1 Å². The largest absolute Gasteiger partial charge is 0.450 e. The number of carbonyl (C=O) groups excluding carboxylic acids is 3. The number of halogens is 1. The summed E-state index contributed by atoms with van der Waals surface area (Å²) in [4.78, 5) is 37.0. The van der Waals surface area contributed by atoms with Crippen LogP contribution in [0.1, 0.15) is 59.8 Å². The predicted molar refractivity (Wildman–Crippen MR) is 108 cm³/mol. The highest BCUT2D eigenvalue weighted by Gasteiger charge is 2.70. The molecule has 5 nitrogen and oxygen atoms in total. The van der Waals surface area contributed by atoms with Gasteiger partial charge in [-0.25, -0.2) is 4.39 Å². The van der Waals surface area contributed by atoms with Crippen LogP contribution in [0.25, 0.3) is 0 Å². The van der Waals surface area contributed by atoms with E-state index in [1.807, 2.05) is 20.8 Å². The monoisotopic (exact) mass is 418 g/mol. The summed E-state index contributed by atoms with van der Waals surface area (Å²) in [5.41, 5.74) is -0.845. The van der Waals surface area contributed by atoms with Gasteiger partial charge in [-0.05, 0) is 49.2 Å². The zero-order valence-corrected chi connectivity index (χ0v) is 18.2. The van der Waals surface area contributed by atoms with Crippen molar-refractivity contribution in [2.24, 2.45) is 28.6 Å². The van der Waals surface area contributed by atoms with Crippen molar-refractivity contribution >= 4 is 17.5 Å². The van der Waals surface area contributed by atoms with Crippen LogP contribution in [0.3, 0.4) is 0 Å². The van der Waals surface area contributed by atoms with Crippen LogP contribution in [0.15, 0.2) is 23.3 Å². The summed E-state index contributed by atoms with van der Waals surface area (Å²) in [6.45, 7) is 6.47. The Morgan fingerprint density at radius 1 is 1.27 bits per heavy atom. The third-order valence-electron chi connectivity index (χ3n) is 8.72. The number of ether oxygens (including phenoxy) is 1. The molecular formula is C24H31FO5. The van der Waals surface area contributed by atoms with E-state index in [2.05, 4.69) is 6.08 Å². The summed E-state index contributed by atoms with van der Waals surface area (Å²) in [5, 5.41) is 9.73. The topological polar surface area (TPSA) is 80.7 Å². The number of fused-ring (bicyclic) bond motifs is 5. The molecule has 6 heteroatoms. The molecule has 4 aliphatic carbocycles. The molecule has 0 aromatic heterocycles. The highest BCUT2D eigenvalue weighted by atomic mass is 19.1. The Hall–Kier alpha value is -1.82. The second-order valence-corrected chi connectivity index (χ2v) is 10.1. The van der Waals surface area contributed by atoms with E-state index >= 15 is 4.39 Å². The molecule has 0 aromatic carbocycles. The van der Waals surface area contributed by atoms with Gasteiger partial charge < -0.3 is 9.84 Å². The predicted octanol–water partition coefficient (Wildman–Crippen LogP) is 3.50. The van der Waals surface area contributed by atoms with E-state index in [-0.39, 0.29) is 30.0 Å². The Morgan fingerprint density at radius 3 is 2.60 bits per heavy atom. The first-order chi connectivity index (χ1) is 14.0. The Labute approximate surface area is 176 Å². The first-order valence-corrected chi connectivity index (χ1v) is 10.9. The fourth-order valence-electron chi connectivity index (χ4n) is 7.40. The molecule has 0 spiro atoms. The summed E-state index contributed by atoms with van der Waals surface area (Å²) in [5.74, 6) is -1.44. The summed E-state index contributed by atoms with van der Waals surface area (Å²) in [7, 11) is 0. The lowest BCUT2D eigenvalue weighted by Gasteiger charge is -2.55. The number of hydrogen-bond donors (Lipinski definition) is 1. The number of ketones is 2. The SMILES string of the molecule is CC(=O)O[C@]1(C(=O)CO)C(C)CC2C3C[C@H](F)C4=CC(=O)CCC4(C)C3=CCC21C. The Kier molecular flexibility index (Phi) is 4.88. The lowest BCUT2D eigenvalue weighted by Crippen LogP contribution is -2.60. The van der Waals surface area contributed by atoms with E-state index in [1.165, 1.54) is 18.6 Å². The van der Waals surface area contributed by atoms with Gasteiger partial charge >= 0.3 is 5.97 Å². The normalized spacial score (nSPS) is 44.9. The van der Waals surface area contributed by atoms with Crippen LogP contribution in [-0.4, -0.2) is 41.0 Å². The molecule has 164 valence electrons. The lowest BCUT2D eigenvalue weighted by molar-refractivity contribution is -0.188. The van der Waals surface area contributed by atoms with Gasteiger partial charge in [0.2, 0.25) is 5.78 Å². The van der Waals surface area contributed by atoms with Crippen LogP contribution < -0.4 is 0 Å². The van der Waals surface area contributed by atoms with Crippen LogP contribution in [0.4, 0.5) is 4.39 Å².